The molecule has 1 aromatic rings. The zero-order valence-corrected chi connectivity index (χ0v) is 13.5. The molecule has 2 heterocycles. The van der Waals surface area contributed by atoms with Gasteiger partial charge in [0.15, 0.2) is 0 Å². The Bertz CT molecular complexity index is 538. The second-order valence-electron chi connectivity index (χ2n) is 5.41. The van der Waals surface area contributed by atoms with Gasteiger partial charge in [-0.25, -0.2) is 8.42 Å². The highest BCUT2D eigenvalue weighted by atomic mass is 32.2. The number of hydrogen-bond donors (Lipinski definition) is 1. The van der Waals surface area contributed by atoms with Crippen molar-refractivity contribution in [3.8, 4) is 0 Å². The van der Waals surface area contributed by atoms with Gasteiger partial charge in [0.2, 0.25) is 10.0 Å². The van der Waals surface area contributed by atoms with Crippen LogP contribution in [0.2, 0.25) is 0 Å². The van der Waals surface area contributed by atoms with Crippen LogP contribution in [0.5, 0.6) is 0 Å². The molecule has 0 amide bonds. The first-order valence-electron chi connectivity index (χ1n) is 7.32. The summed E-state index contributed by atoms with van der Waals surface area (Å²) in [7, 11) is -1.79. The van der Waals surface area contributed by atoms with Gasteiger partial charge in [0.25, 0.3) is 0 Å². The lowest BCUT2D eigenvalue weighted by molar-refractivity contribution is 0.121. The minimum atomic E-state index is -3.46. The molecule has 0 bridgehead atoms. The SMILES string of the molecule is CCn1cc(S(=O)(=O)N2CCC(COC)CC2)cc1CO. The minimum Gasteiger partial charge on any atom is -0.390 e. The first-order chi connectivity index (χ1) is 10.0. The molecular weight excluding hydrogens is 292 g/mol. The van der Waals surface area contributed by atoms with Crippen LogP contribution in [0.1, 0.15) is 25.5 Å². The fourth-order valence-corrected chi connectivity index (χ4v) is 4.33. The lowest BCUT2D eigenvalue weighted by atomic mass is 9.99. The van der Waals surface area contributed by atoms with E-state index < -0.39 is 10.0 Å². The Morgan fingerprint density at radius 1 is 1.38 bits per heavy atom. The summed E-state index contributed by atoms with van der Waals surface area (Å²) in [5.74, 6) is 0.440. The number of methoxy groups -OCH3 is 1. The third-order valence-corrected chi connectivity index (χ3v) is 5.94. The van der Waals surface area contributed by atoms with Gasteiger partial charge < -0.3 is 14.4 Å². The van der Waals surface area contributed by atoms with Crippen LogP contribution in [-0.4, -0.2) is 49.2 Å². The molecule has 0 aromatic carbocycles. The number of hydrogen-bond acceptors (Lipinski definition) is 4. The zero-order valence-electron chi connectivity index (χ0n) is 12.7. The standard InChI is InChI=1S/C14H24N2O4S/c1-3-15-9-14(8-13(15)10-17)21(18,19)16-6-4-12(5-7-16)11-20-2/h8-9,12,17H,3-7,10-11H2,1-2H3. The van der Waals surface area contributed by atoms with Gasteiger partial charge in [-0.15, -0.1) is 0 Å². The van der Waals surface area contributed by atoms with Crippen LogP contribution in [-0.2, 0) is 27.9 Å². The molecule has 1 aromatic heterocycles. The van der Waals surface area contributed by atoms with Crippen molar-refractivity contribution >= 4 is 10.0 Å². The van der Waals surface area contributed by atoms with Gasteiger partial charge in [-0.05, 0) is 31.7 Å². The molecule has 21 heavy (non-hydrogen) atoms. The highest BCUT2D eigenvalue weighted by molar-refractivity contribution is 7.89. The quantitative estimate of drug-likeness (QED) is 0.851. The summed E-state index contributed by atoms with van der Waals surface area (Å²) in [4.78, 5) is 0.276. The average Bonchev–Trinajstić information content (AvgIpc) is 2.92. The predicted molar refractivity (Wildman–Crippen MR) is 79.4 cm³/mol. The van der Waals surface area contributed by atoms with Crippen molar-refractivity contribution in [3.63, 3.8) is 0 Å². The Morgan fingerprint density at radius 2 is 2.05 bits per heavy atom. The van der Waals surface area contributed by atoms with Gasteiger partial charge in [0.05, 0.1) is 6.61 Å². The highest BCUT2D eigenvalue weighted by Crippen LogP contribution is 2.25. The van der Waals surface area contributed by atoms with E-state index in [4.69, 9.17) is 4.74 Å². The van der Waals surface area contributed by atoms with Gasteiger partial charge in [-0.3, -0.25) is 0 Å². The van der Waals surface area contributed by atoms with Crippen molar-refractivity contribution in [1.82, 2.24) is 8.87 Å². The van der Waals surface area contributed by atoms with Gasteiger partial charge >= 0.3 is 0 Å². The fourth-order valence-electron chi connectivity index (χ4n) is 2.79. The van der Waals surface area contributed by atoms with Crippen molar-refractivity contribution in [2.24, 2.45) is 5.92 Å². The first-order valence-corrected chi connectivity index (χ1v) is 8.76. The molecule has 0 atom stereocenters. The molecular formula is C14H24N2O4S. The number of aromatic nitrogens is 1. The number of nitrogens with zero attached hydrogens (tertiary/aromatic N) is 2. The fraction of sp³-hybridized carbons (Fsp3) is 0.714. The van der Waals surface area contributed by atoms with E-state index in [1.54, 1.807) is 23.9 Å². The second kappa shape index (κ2) is 6.91. The number of aryl methyl sites for hydroxylation is 1. The summed E-state index contributed by atoms with van der Waals surface area (Å²) in [5.41, 5.74) is 0.630. The van der Waals surface area contributed by atoms with E-state index in [-0.39, 0.29) is 11.5 Å². The smallest absolute Gasteiger partial charge is 0.244 e. The molecule has 1 aliphatic rings. The van der Waals surface area contributed by atoms with Crippen LogP contribution < -0.4 is 0 Å². The van der Waals surface area contributed by atoms with E-state index in [1.165, 1.54) is 4.31 Å². The average molecular weight is 316 g/mol. The lowest BCUT2D eigenvalue weighted by Crippen LogP contribution is -2.39. The Kier molecular flexibility index (Phi) is 5.43. The van der Waals surface area contributed by atoms with Crippen molar-refractivity contribution in [1.29, 1.82) is 0 Å². The molecule has 1 saturated heterocycles. The predicted octanol–water partition coefficient (Wildman–Crippen LogP) is 1.05. The minimum absolute atomic E-state index is 0.153. The van der Waals surface area contributed by atoms with Gasteiger partial charge in [-0.1, -0.05) is 0 Å². The van der Waals surface area contributed by atoms with Crippen molar-refractivity contribution < 1.29 is 18.3 Å². The highest BCUT2D eigenvalue weighted by Gasteiger charge is 2.30. The maximum absolute atomic E-state index is 12.6. The van der Waals surface area contributed by atoms with Gasteiger partial charge in [-0.2, -0.15) is 4.31 Å². The molecule has 0 saturated carbocycles. The molecule has 0 radical (unpaired) electrons. The van der Waals surface area contributed by atoms with Crippen molar-refractivity contribution in [3.05, 3.63) is 18.0 Å². The summed E-state index contributed by atoms with van der Waals surface area (Å²) in [6.45, 7) is 4.16. The second-order valence-corrected chi connectivity index (χ2v) is 7.35. The van der Waals surface area contributed by atoms with E-state index in [0.29, 0.717) is 37.9 Å². The van der Waals surface area contributed by atoms with E-state index in [1.807, 2.05) is 6.92 Å². The van der Waals surface area contributed by atoms with Crippen LogP contribution in [0.25, 0.3) is 0 Å². The van der Waals surface area contributed by atoms with Crippen molar-refractivity contribution in [2.45, 2.75) is 37.8 Å². The molecule has 1 aliphatic heterocycles. The summed E-state index contributed by atoms with van der Waals surface area (Å²) in [6, 6.07) is 1.57. The third kappa shape index (κ3) is 3.48. The van der Waals surface area contributed by atoms with Crippen LogP contribution in [0, 0.1) is 5.92 Å². The summed E-state index contributed by atoms with van der Waals surface area (Å²) in [6.07, 6.45) is 3.27. The number of rotatable bonds is 6. The Balaban J connectivity index is 2.13. The molecule has 120 valence electrons. The molecule has 0 unspecified atom stereocenters. The molecule has 0 aliphatic carbocycles. The third-order valence-electron chi connectivity index (χ3n) is 4.08. The zero-order chi connectivity index (χ0) is 15.5. The normalized spacial score (nSPS) is 18.2. The van der Waals surface area contributed by atoms with E-state index in [9.17, 15) is 13.5 Å². The van der Waals surface area contributed by atoms with E-state index in [2.05, 4.69) is 0 Å². The first kappa shape index (κ1) is 16.5. The van der Waals surface area contributed by atoms with E-state index in [0.717, 1.165) is 12.8 Å². The summed E-state index contributed by atoms with van der Waals surface area (Å²) >= 11 is 0. The maximum Gasteiger partial charge on any atom is 0.244 e. The number of aliphatic hydroxyl groups excluding tert-OH is 1. The number of ether oxygens (including phenoxy) is 1. The van der Waals surface area contributed by atoms with Crippen LogP contribution in [0.3, 0.4) is 0 Å². The molecule has 1 fully saturated rings. The maximum atomic E-state index is 12.6. The van der Waals surface area contributed by atoms with Crippen LogP contribution in [0.15, 0.2) is 17.2 Å². The molecule has 2 rings (SSSR count). The summed E-state index contributed by atoms with van der Waals surface area (Å²) < 4.78 is 33.7. The summed E-state index contributed by atoms with van der Waals surface area (Å²) in [5, 5.41) is 9.29. The van der Waals surface area contributed by atoms with Crippen LogP contribution >= 0.6 is 0 Å². The van der Waals surface area contributed by atoms with Gasteiger partial charge in [0, 0.05) is 45.2 Å². The van der Waals surface area contributed by atoms with Crippen molar-refractivity contribution in [2.75, 3.05) is 26.8 Å². The topological polar surface area (TPSA) is 71.8 Å². The Hall–Kier alpha value is -0.890. The van der Waals surface area contributed by atoms with Crippen LogP contribution in [0.4, 0.5) is 0 Å². The molecule has 1 N–H and O–H groups in total. The number of sulfonamides is 1. The number of aliphatic hydroxyl groups is 1. The number of piperidine rings is 1. The van der Waals surface area contributed by atoms with Gasteiger partial charge in [0.1, 0.15) is 4.90 Å². The molecule has 6 nitrogen and oxygen atoms in total. The lowest BCUT2D eigenvalue weighted by Gasteiger charge is -2.30. The monoisotopic (exact) mass is 316 g/mol. The molecule has 0 spiro atoms. The molecule has 7 heteroatoms. The largest absolute Gasteiger partial charge is 0.390 e. The van der Waals surface area contributed by atoms with E-state index >= 15 is 0 Å². The Morgan fingerprint density at radius 3 is 2.52 bits per heavy atom. The Labute approximate surface area is 126 Å².